The average molecular weight is 829 g/mol. The van der Waals surface area contributed by atoms with Crippen LogP contribution in [0.25, 0.3) is 0 Å². The molecule has 8 saturated carbocycles. The molecule has 20 fully saturated rings. The van der Waals surface area contributed by atoms with Gasteiger partial charge in [-0.2, -0.15) is 0 Å². The summed E-state index contributed by atoms with van der Waals surface area (Å²) in [5.41, 5.74) is 2.43. The van der Waals surface area contributed by atoms with Gasteiger partial charge in [0.1, 0.15) is 0 Å². The van der Waals surface area contributed by atoms with Gasteiger partial charge in [0.25, 0.3) is 0 Å². The molecule has 1 spiro atoms. The van der Waals surface area contributed by atoms with Gasteiger partial charge in [0.15, 0.2) is 0 Å². The molecule has 0 aromatic rings. The van der Waals surface area contributed by atoms with E-state index < -0.39 is 22.7 Å². The first kappa shape index (κ1) is 30.7. The second kappa shape index (κ2) is 5.51. The molecule has 8 unspecified atom stereocenters. The summed E-state index contributed by atoms with van der Waals surface area (Å²) in [6.45, 7) is 16.8. The van der Waals surface area contributed by atoms with E-state index in [1.807, 2.05) is 6.16 Å². The summed E-state index contributed by atoms with van der Waals surface area (Å²) in [6.07, 6.45) is 24.8. The van der Waals surface area contributed by atoms with E-state index in [-0.39, 0.29) is 7.92 Å². The van der Waals surface area contributed by atoms with E-state index in [1.54, 1.807) is 64.2 Å². The fourth-order valence-electron chi connectivity index (χ4n) is 36.5. The monoisotopic (exact) mass is 828 g/mol. The third kappa shape index (κ3) is 1.00. The Balaban J connectivity index is 0.940. The number of nitrogens with one attached hydrogen (secondary N) is 2. The van der Waals surface area contributed by atoms with Crippen LogP contribution in [0.1, 0.15) is 89.9 Å². The third-order valence-corrected chi connectivity index (χ3v) is 99.8. The Morgan fingerprint density at radius 1 is 0.623 bits per heavy atom. The molecule has 294 valence electrons. The van der Waals surface area contributed by atoms with Gasteiger partial charge in [0, 0.05) is 0 Å². The van der Waals surface area contributed by atoms with Crippen molar-refractivity contribution in [2.75, 3.05) is 19.3 Å². The topological polar surface area (TPSA) is 24.1 Å². The minimum atomic E-state index is -4.36. The molecule has 2 nitrogen and oxygen atoms in total. The summed E-state index contributed by atoms with van der Waals surface area (Å²) >= 11 is 0. The van der Waals surface area contributed by atoms with Gasteiger partial charge in [-0.3, -0.25) is 0 Å². The molecule has 20 aliphatic rings. The van der Waals surface area contributed by atoms with Crippen LogP contribution in [0.4, 0.5) is 0 Å². The molecule has 12 saturated heterocycles. The fourth-order valence-corrected chi connectivity index (χ4v) is 184. The van der Waals surface area contributed by atoms with Gasteiger partial charge < -0.3 is 0 Å². The Hall–Kier alpha value is 1.73. The van der Waals surface area contributed by atoms with Crippen molar-refractivity contribution in [1.82, 2.24) is 10.6 Å². The number of rotatable bonds is 9. The quantitative estimate of drug-likeness (QED) is 0.179. The van der Waals surface area contributed by atoms with E-state index in [4.69, 9.17) is 0 Å². The van der Waals surface area contributed by atoms with Gasteiger partial charge in [-0.25, -0.2) is 0 Å². The molecule has 0 aromatic carbocycles. The zero-order valence-corrected chi connectivity index (χ0v) is 39.4. The molecule has 0 aromatic heterocycles. The molecule has 12 aliphatic heterocycles. The van der Waals surface area contributed by atoms with Gasteiger partial charge in [0.05, 0.1) is 0 Å². The first-order chi connectivity index (χ1) is 25.1. The van der Waals surface area contributed by atoms with E-state index in [9.17, 15) is 0 Å². The zero-order valence-electron chi connectivity index (χ0n) is 34.3. The summed E-state index contributed by atoms with van der Waals surface area (Å²) in [7, 11) is 1.34. The molecule has 8 atom stereocenters. The molecular weight excluding hydrogens is 754 g/mol. The van der Waals surface area contributed by atoms with Crippen LogP contribution < -0.4 is 10.6 Å². The van der Waals surface area contributed by atoms with Crippen molar-refractivity contribution in [3.63, 3.8) is 0 Å². The Bertz CT molecular complexity index is 2150. The van der Waals surface area contributed by atoms with Crippen LogP contribution in [-0.2, 0) is 6.51 Å². The summed E-state index contributed by atoms with van der Waals surface area (Å²) in [5.74, 6) is 9.25. The zero-order chi connectivity index (χ0) is 35.2. The SMILES string of the molecule is C[Si](C)(C)[C]12[CH]3[C]4(C(P)(C5CCCN5)C5CCCN5)[C]5(CP(C6C7CC8CC(C7)CC6C8)C6C7CC8CC(C7)CC6C8)[C]1([Si](C)(C)C)[Fe]35421678[CH]2[CH]1[CH]6[CH]7[CH]28. The first-order valence-electron chi connectivity index (χ1n) is 24.3. The number of fused-ring (bicyclic) bond motifs is 10. The van der Waals surface area contributed by atoms with Crippen LogP contribution in [0.3, 0.4) is 0 Å². The molecule has 0 amide bonds. The second-order valence-electron chi connectivity index (χ2n) is 29.3. The Labute approximate surface area is 318 Å². The van der Waals surface area contributed by atoms with Crippen LogP contribution in [0, 0.1) is 47.3 Å². The molecule has 2 N–H and O–H groups in total. The predicted octanol–water partition coefficient (Wildman–Crippen LogP) is 11.9. The van der Waals surface area contributed by atoms with Crippen molar-refractivity contribution < 1.29 is 6.51 Å². The molecule has 12 heterocycles. The summed E-state index contributed by atoms with van der Waals surface area (Å²) in [5, 5.41) is 9.43. The molecule has 20 rings (SSSR count). The normalized spacial score (nSPS) is 79.7. The van der Waals surface area contributed by atoms with Gasteiger partial charge >= 0.3 is 320 Å². The van der Waals surface area contributed by atoms with Gasteiger partial charge in [0.2, 0.25) is 0 Å². The summed E-state index contributed by atoms with van der Waals surface area (Å²) in [4.78, 5) is 8.36. The molecule has 0 radical (unpaired) electrons. The number of hydrogen-bond donors (Lipinski definition) is 2. The maximum absolute atomic E-state index is 4.48. The van der Waals surface area contributed by atoms with Crippen molar-refractivity contribution in [3.8, 4) is 0 Å². The Morgan fingerprint density at radius 3 is 1.36 bits per heavy atom. The Morgan fingerprint density at radius 2 is 1.04 bits per heavy atom. The van der Waals surface area contributed by atoms with Crippen LogP contribution in [0.15, 0.2) is 0 Å². The van der Waals surface area contributed by atoms with Gasteiger partial charge in [-0.1, -0.05) is 0 Å². The van der Waals surface area contributed by atoms with Gasteiger partial charge in [-0.15, -0.1) is 0 Å². The first-order valence-corrected chi connectivity index (χ1v) is 39.6. The Kier molecular flexibility index (Phi) is 3.19. The van der Waals surface area contributed by atoms with Crippen molar-refractivity contribution >= 4 is 33.3 Å². The van der Waals surface area contributed by atoms with E-state index in [2.05, 4.69) is 59.2 Å². The fraction of sp³-hybridized carbons (Fsp3) is 1.00. The molecule has 7 heteroatoms. The molecular formula is C46H74FeN2P2Si2. The number of hydrogen-bond acceptors (Lipinski definition) is 2. The van der Waals surface area contributed by atoms with E-state index >= 15 is 0 Å². The van der Waals surface area contributed by atoms with Crippen molar-refractivity contribution in [3.05, 3.63) is 0 Å². The van der Waals surface area contributed by atoms with Crippen molar-refractivity contribution in [2.24, 2.45) is 47.3 Å². The van der Waals surface area contributed by atoms with Crippen LogP contribution >= 0.6 is 17.2 Å². The average Bonchev–Trinajstić information content (AvgIpc) is 3.87. The predicted molar refractivity (Wildman–Crippen MR) is 228 cm³/mol. The minimum absolute atomic E-state index is 0.115. The van der Waals surface area contributed by atoms with E-state index in [0.29, 0.717) is 5.16 Å². The molecule has 8 aliphatic carbocycles. The van der Waals surface area contributed by atoms with Crippen molar-refractivity contribution in [2.45, 2.75) is 203 Å². The molecule has 8 bridgehead atoms. The maximum atomic E-state index is 4.48. The summed E-state index contributed by atoms with van der Waals surface area (Å²) in [6, 6.07) is 1.59. The van der Waals surface area contributed by atoms with Crippen LogP contribution in [0.5, 0.6) is 0 Å². The standard InChI is InChI=1S/C41H69N2P2Si2.C5H5.Fe/c1-46(2,3)35-23-34(41(44,36-9-7-11-42-36)37-10-8-12-43-37)33(40(35)47(4,5)6)24-45(38-29-15-25-13-26(17-29)18-30(38)16-25)39-31-19-27-14-28(21-31)22-32(39)20-27;1-2-4-5-3-1;/h23,25-32,36-39,42-43H,7-22,24,44H2,1-6H3;1-5H;. The van der Waals surface area contributed by atoms with Crippen molar-refractivity contribution in [1.29, 1.82) is 0 Å². The van der Waals surface area contributed by atoms with Crippen LogP contribution in [0.2, 0.25) is 84.7 Å². The van der Waals surface area contributed by atoms with E-state index in [1.165, 1.54) is 103 Å². The van der Waals surface area contributed by atoms with E-state index in [0.717, 1.165) is 52.3 Å². The third-order valence-electron chi connectivity index (χ3n) is 31.0. The summed E-state index contributed by atoms with van der Waals surface area (Å²) < 4.78 is 3.81. The van der Waals surface area contributed by atoms with Crippen LogP contribution in [-0.4, -0.2) is 64.0 Å². The second-order valence-corrected chi connectivity index (χ2v) is 66.9. The molecule has 53 heavy (non-hydrogen) atoms. The van der Waals surface area contributed by atoms with Gasteiger partial charge in [-0.05, 0) is 0 Å².